The van der Waals surface area contributed by atoms with Crippen molar-refractivity contribution in [2.45, 2.75) is 11.5 Å². The topological polar surface area (TPSA) is 46.5 Å². The maximum Gasteiger partial charge on any atom is 0.346 e. The van der Waals surface area contributed by atoms with Crippen LogP contribution in [0.5, 0.6) is 0 Å². The number of rotatable bonds is 2. The molecule has 0 saturated heterocycles. The lowest BCUT2D eigenvalue weighted by atomic mass is 9.88. The molecule has 1 aromatic carbocycles. The van der Waals surface area contributed by atoms with Crippen molar-refractivity contribution in [3.8, 4) is 0 Å². The molecule has 0 saturated carbocycles. The van der Waals surface area contributed by atoms with E-state index in [0.717, 1.165) is 5.56 Å². The summed E-state index contributed by atoms with van der Waals surface area (Å²) in [4.78, 5) is 11.4. The molecule has 0 aliphatic heterocycles. The highest BCUT2D eigenvalue weighted by Crippen LogP contribution is 2.26. The lowest BCUT2D eigenvalue weighted by Crippen LogP contribution is -2.36. The zero-order valence-electron chi connectivity index (χ0n) is 9.54. The number of benzene rings is 1. The Morgan fingerprint density at radius 1 is 1.24 bits per heavy atom. The second kappa shape index (κ2) is 4.55. The monoisotopic (exact) mass is 230 g/mol. The largest absolute Gasteiger partial charge is 0.466 e. The Hall–Kier alpha value is -1.87. The van der Waals surface area contributed by atoms with Crippen LogP contribution in [0.3, 0.4) is 0 Å². The number of aliphatic hydroxyl groups is 1. The SMILES string of the molecule is COC(=O)C1(O)C=CC(c2ccccc2)C=C1. The van der Waals surface area contributed by atoms with Gasteiger partial charge in [0.2, 0.25) is 0 Å². The van der Waals surface area contributed by atoms with Gasteiger partial charge in [-0.1, -0.05) is 42.5 Å². The molecule has 0 radical (unpaired) electrons. The van der Waals surface area contributed by atoms with E-state index >= 15 is 0 Å². The Morgan fingerprint density at radius 3 is 2.35 bits per heavy atom. The van der Waals surface area contributed by atoms with Crippen LogP contribution < -0.4 is 0 Å². The van der Waals surface area contributed by atoms with E-state index in [-0.39, 0.29) is 5.92 Å². The van der Waals surface area contributed by atoms with Gasteiger partial charge in [-0.3, -0.25) is 0 Å². The van der Waals surface area contributed by atoms with Crippen LogP contribution >= 0.6 is 0 Å². The Balaban J connectivity index is 2.19. The number of allylic oxidation sites excluding steroid dienone is 2. The number of hydrogen-bond donors (Lipinski definition) is 1. The molecule has 3 nitrogen and oxygen atoms in total. The van der Waals surface area contributed by atoms with Gasteiger partial charge in [0.05, 0.1) is 7.11 Å². The number of methoxy groups -OCH3 is 1. The molecular weight excluding hydrogens is 216 g/mol. The van der Waals surface area contributed by atoms with E-state index in [0.29, 0.717) is 0 Å². The van der Waals surface area contributed by atoms with Crippen LogP contribution in [0.15, 0.2) is 54.6 Å². The number of esters is 1. The molecule has 0 spiro atoms. The maximum atomic E-state index is 11.4. The fourth-order valence-electron chi connectivity index (χ4n) is 1.82. The molecule has 0 atom stereocenters. The average molecular weight is 230 g/mol. The molecule has 88 valence electrons. The number of ether oxygens (including phenoxy) is 1. The third-order valence-corrected chi connectivity index (χ3v) is 2.81. The van der Waals surface area contributed by atoms with Crippen LogP contribution in [0.25, 0.3) is 0 Å². The summed E-state index contributed by atoms with van der Waals surface area (Å²) in [6.45, 7) is 0. The summed E-state index contributed by atoms with van der Waals surface area (Å²) in [5.74, 6) is -0.586. The van der Waals surface area contributed by atoms with E-state index in [4.69, 9.17) is 0 Å². The third kappa shape index (κ3) is 2.29. The molecule has 17 heavy (non-hydrogen) atoms. The predicted octanol–water partition coefficient (Wildman–Crippen LogP) is 1.80. The minimum atomic E-state index is -1.62. The fraction of sp³-hybridized carbons (Fsp3) is 0.214. The van der Waals surface area contributed by atoms with Gasteiger partial charge in [0.1, 0.15) is 0 Å². The summed E-state index contributed by atoms with van der Waals surface area (Å²) in [5, 5.41) is 9.96. The normalized spacial score (nSPS) is 26.8. The van der Waals surface area contributed by atoms with Crippen molar-refractivity contribution < 1.29 is 14.6 Å². The van der Waals surface area contributed by atoms with Crippen LogP contribution in [0.4, 0.5) is 0 Å². The van der Waals surface area contributed by atoms with E-state index in [2.05, 4.69) is 4.74 Å². The van der Waals surface area contributed by atoms with Crippen molar-refractivity contribution in [2.75, 3.05) is 7.11 Å². The quantitative estimate of drug-likeness (QED) is 0.622. The molecular formula is C14H14O3. The Labute approximate surface area is 100 Å². The minimum Gasteiger partial charge on any atom is -0.466 e. The molecule has 0 bridgehead atoms. The summed E-state index contributed by atoms with van der Waals surface area (Å²) >= 11 is 0. The molecule has 1 N–H and O–H groups in total. The van der Waals surface area contributed by atoms with Gasteiger partial charge in [-0.15, -0.1) is 0 Å². The highest BCUT2D eigenvalue weighted by Gasteiger charge is 2.33. The highest BCUT2D eigenvalue weighted by atomic mass is 16.5. The molecule has 1 aliphatic rings. The van der Waals surface area contributed by atoms with Crippen molar-refractivity contribution in [3.05, 3.63) is 60.2 Å². The van der Waals surface area contributed by atoms with Crippen molar-refractivity contribution in [2.24, 2.45) is 0 Å². The molecule has 2 rings (SSSR count). The van der Waals surface area contributed by atoms with Crippen LogP contribution in [-0.4, -0.2) is 23.8 Å². The number of carbonyl (C=O) groups is 1. The van der Waals surface area contributed by atoms with Crippen molar-refractivity contribution >= 4 is 5.97 Å². The van der Waals surface area contributed by atoms with Crippen LogP contribution in [0, 0.1) is 0 Å². The second-order valence-electron chi connectivity index (χ2n) is 3.97. The van der Waals surface area contributed by atoms with E-state index < -0.39 is 11.6 Å². The van der Waals surface area contributed by atoms with Crippen LogP contribution in [-0.2, 0) is 9.53 Å². The van der Waals surface area contributed by atoms with Crippen LogP contribution in [0.1, 0.15) is 11.5 Å². The summed E-state index contributed by atoms with van der Waals surface area (Å²) in [5.41, 5.74) is -0.507. The lowest BCUT2D eigenvalue weighted by molar-refractivity contribution is -0.153. The van der Waals surface area contributed by atoms with E-state index in [1.165, 1.54) is 19.3 Å². The molecule has 3 heteroatoms. The minimum absolute atomic E-state index is 0.0844. The molecule has 0 amide bonds. The Morgan fingerprint density at radius 2 is 1.82 bits per heavy atom. The van der Waals surface area contributed by atoms with E-state index in [9.17, 15) is 9.90 Å². The Bertz CT molecular complexity index is 446. The third-order valence-electron chi connectivity index (χ3n) is 2.81. The van der Waals surface area contributed by atoms with Gasteiger partial charge in [-0.25, -0.2) is 4.79 Å². The summed E-state index contributed by atoms with van der Waals surface area (Å²) in [7, 11) is 1.26. The smallest absolute Gasteiger partial charge is 0.346 e. The summed E-state index contributed by atoms with van der Waals surface area (Å²) in [6, 6.07) is 9.87. The standard InChI is InChI=1S/C14H14O3/c1-17-13(15)14(16)9-7-12(8-10-14)11-5-3-2-4-6-11/h2-10,12,16H,1H3. The average Bonchev–Trinajstić information content (AvgIpc) is 2.39. The Kier molecular flexibility index (Phi) is 3.11. The first kappa shape index (κ1) is 11.6. The van der Waals surface area contributed by atoms with Crippen LogP contribution in [0.2, 0.25) is 0 Å². The van der Waals surface area contributed by atoms with E-state index in [1.807, 2.05) is 30.3 Å². The molecule has 0 fully saturated rings. The molecule has 0 heterocycles. The zero-order chi connectivity index (χ0) is 12.3. The van der Waals surface area contributed by atoms with Gasteiger partial charge in [0.15, 0.2) is 5.60 Å². The maximum absolute atomic E-state index is 11.4. The molecule has 1 aliphatic carbocycles. The highest BCUT2D eigenvalue weighted by molar-refractivity contribution is 5.84. The predicted molar refractivity (Wildman–Crippen MR) is 64.4 cm³/mol. The number of carbonyl (C=O) groups excluding carboxylic acids is 1. The van der Waals surface area contributed by atoms with Gasteiger partial charge in [-0.2, -0.15) is 0 Å². The molecule has 1 aromatic rings. The first-order valence-corrected chi connectivity index (χ1v) is 5.40. The lowest BCUT2D eigenvalue weighted by Gasteiger charge is -2.23. The van der Waals surface area contributed by atoms with Crippen molar-refractivity contribution in [3.63, 3.8) is 0 Å². The second-order valence-corrected chi connectivity index (χ2v) is 3.97. The van der Waals surface area contributed by atoms with E-state index in [1.54, 1.807) is 12.2 Å². The van der Waals surface area contributed by atoms with Gasteiger partial charge >= 0.3 is 5.97 Å². The van der Waals surface area contributed by atoms with Gasteiger partial charge in [0, 0.05) is 5.92 Å². The van der Waals surface area contributed by atoms with Crippen molar-refractivity contribution in [1.82, 2.24) is 0 Å². The van der Waals surface area contributed by atoms with Gasteiger partial charge in [-0.05, 0) is 17.7 Å². The zero-order valence-corrected chi connectivity index (χ0v) is 9.54. The first-order chi connectivity index (χ1) is 8.15. The summed E-state index contributed by atoms with van der Waals surface area (Å²) < 4.78 is 4.54. The van der Waals surface area contributed by atoms with Crippen molar-refractivity contribution in [1.29, 1.82) is 0 Å². The molecule has 0 unspecified atom stereocenters. The first-order valence-electron chi connectivity index (χ1n) is 5.40. The fourth-order valence-corrected chi connectivity index (χ4v) is 1.82. The summed E-state index contributed by atoms with van der Waals surface area (Å²) in [6.07, 6.45) is 6.53. The van der Waals surface area contributed by atoms with Gasteiger partial charge < -0.3 is 9.84 Å². The molecule has 0 aromatic heterocycles. The number of hydrogen-bond acceptors (Lipinski definition) is 3. The van der Waals surface area contributed by atoms with Gasteiger partial charge in [0.25, 0.3) is 0 Å².